The number of anilines is 1. The normalized spacial score (nSPS) is 10.1. The molecule has 0 radical (unpaired) electrons. The van der Waals surface area contributed by atoms with E-state index in [0.717, 1.165) is 5.56 Å². The van der Waals surface area contributed by atoms with Gasteiger partial charge < -0.3 is 10.6 Å². The Kier molecular flexibility index (Phi) is 5.49. The monoisotopic (exact) mass is 317 g/mol. The Balaban J connectivity index is 1.78. The predicted octanol–water partition coefficient (Wildman–Crippen LogP) is 2.80. The third-order valence-corrected chi connectivity index (χ3v) is 3.25. The van der Waals surface area contributed by atoms with Crippen LogP contribution in [0.1, 0.15) is 22.3 Å². The molecule has 114 valence electrons. The van der Waals surface area contributed by atoms with Gasteiger partial charge >= 0.3 is 0 Å². The van der Waals surface area contributed by atoms with Crippen molar-refractivity contribution in [2.24, 2.45) is 0 Å². The lowest BCUT2D eigenvalue weighted by Crippen LogP contribution is -2.28. The third-order valence-electron chi connectivity index (χ3n) is 3.02. The molecule has 2 aromatic rings. The number of hydrogen-bond acceptors (Lipinski definition) is 3. The molecule has 0 saturated heterocycles. The summed E-state index contributed by atoms with van der Waals surface area (Å²) in [7, 11) is 0. The van der Waals surface area contributed by atoms with Gasteiger partial charge in [0, 0.05) is 24.7 Å². The Morgan fingerprint density at radius 2 is 1.95 bits per heavy atom. The highest BCUT2D eigenvalue weighted by Crippen LogP contribution is 2.09. The number of rotatable bonds is 5. The lowest BCUT2D eigenvalue weighted by molar-refractivity contribution is -0.116. The molecule has 0 spiro atoms. The van der Waals surface area contributed by atoms with E-state index in [-0.39, 0.29) is 24.8 Å². The maximum atomic E-state index is 12.0. The summed E-state index contributed by atoms with van der Waals surface area (Å²) in [5.41, 5.74) is 1.51. The fourth-order valence-corrected chi connectivity index (χ4v) is 1.98. The minimum Gasteiger partial charge on any atom is -0.352 e. The van der Waals surface area contributed by atoms with Crippen LogP contribution in [0, 0.1) is 6.92 Å². The van der Waals surface area contributed by atoms with E-state index in [4.69, 9.17) is 11.6 Å². The molecule has 2 amide bonds. The second-order valence-electron chi connectivity index (χ2n) is 4.73. The molecule has 0 atom stereocenters. The standard InChI is InChI=1S/C16H16ClN3O2/c1-11-4-2-3-5-13(11)16(22)18-9-8-15(21)20-14-7-6-12(17)10-19-14/h2-7,10H,8-9H2,1H3,(H,18,22)(H,19,20,21). The highest BCUT2D eigenvalue weighted by molar-refractivity contribution is 6.30. The van der Waals surface area contributed by atoms with Crippen LogP contribution in [0.15, 0.2) is 42.6 Å². The first-order valence-corrected chi connectivity index (χ1v) is 7.19. The largest absolute Gasteiger partial charge is 0.352 e. The van der Waals surface area contributed by atoms with E-state index >= 15 is 0 Å². The van der Waals surface area contributed by atoms with Gasteiger partial charge in [0.25, 0.3) is 5.91 Å². The van der Waals surface area contributed by atoms with Crippen molar-refractivity contribution in [2.75, 3.05) is 11.9 Å². The van der Waals surface area contributed by atoms with Gasteiger partial charge in [-0.15, -0.1) is 0 Å². The van der Waals surface area contributed by atoms with Crippen LogP contribution in [0.5, 0.6) is 0 Å². The molecular weight excluding hydrogens is 302 g/mol. The molecule has 0 aliphatic rings. The van der Waals surface area contributed by atoms with Crippen LogP contribution in [0.4, 0.5) is 5.82 Å². The number of benzene rings is 1. The van der Waals surface area contributed by atoms with E-state index in [0.29, 0.717) is 16.4 Å². The van der Waals surface area contributed by atoms with Crippen molar-refractivity contribution < 1.29 is 9.59 Å². The lowest BCUT2D eigenvalue weighted by Gasteiger charge is -2.08. The van der Waals surface area contributed by atoms with Gasteiger partial charge in [0.2, 0.25) is 5.91 Å². The zero-order chi connectivity index (χ0) is 15.9. The van der Waals surface area contributed by atoms with Gasteiger partial charge in [-0.05, 0) is 30.7 Å². The zero-order valence-corrected chi connectivity index (χ0v) is 12.9. The summed E-state index contributed by atoms with van der Waals surface area (Å²) < 4.78 is 0. The van der Waals surface area contributed by atoms with Crippen molar-refractivity contribution in [3.05, 3.63) is 58.7 Å². The van der Waals surface area contributed by atoms with Crippen LogP contribution < -0.4 is 10.6 Å². The minimum absolute atomic E-state index is 0.169. The number of amides is 2. The first-order chi connectivity index (χ1) is 10.6. The summed E-state index contributed by atoms with van der Waals surface area (Å²) in [6.07, 6.45) is 1.62. The smallest absolute Gasteiger partial charge is 0.251 e. The van der Waals surface area contributed by atoms with Gasteiger partial charge in [-0.1, -0.05) is 29.8 Å². The maximum Gasteiger partial charge on any atom is 0.251 e. The van der Waals surface area contributed by atoms with E-state index in [9.17, 15) is 9.59 Å². The number of hydrogen-bond donors (Lipinski definition) is 2. The number of carbonyl (C=O) groups is 2. The van der Waals surface area contributed by atoms with E-state index in [1.807, 2.05) is 19.1 Å². The fraction of sp³-hybridized carbons (Fsp3) is 0.188. The minimum atomic E-state index is -0.222. The van der Waals surface area contributed by atoms with Crippen LogP contribution in [0.2, 0.25) is 5.02 Å². The molecule has 2 N–H and O–H groups in total. The first-order valence-electron chi connectivity index (χ1n) is 6.81. The molecule has 22 heavy (non-hydrogen) atoms. The molecule has 5 nitrogen and oxygen atoms in total. The van der Waals surface area contributed by atoms with Crippen LogP contribution in [0.3, 0.4) is 0 Å². The van der Waals surface area contributed by atoms with Crippen molar-refractivity contribution in [2.45, 2.75) is 13.3 Å². The van der Waals surface area contributed by atoms with Crippen molar-refractivity contribution in [3.8, 4) is 0 Å². The average molecular weight is 318 g/mol. The molecule has 2 rings (SSSR count). The fourth-order valence-electron chi connectivity index (χ4n) is 1.87. The number of aryl methyl sites for hydroxylation is 1. The quantitative estimate of drug-likeness (QED) is 0.890. The number of aromatic nitrogens is 1. The van der Waals surface area contributed by atoms with Crippen molar-refractivity contribution in [1.82, 2.24) is 10.3 Å². The summed E-state index contributed by atoms with van der Waals surface area (Å²) in [5.74, 6) is 0.0232. The Labute approximate surface area is 133 Å². The second-order valence-corrected chi connectivity index (χ2v) is 5.17. The molecule has 0 saturated carbocycles. The van der Waals surface area contributed by atoms with E-state index in [1.54, 1.807) is 24.3 Å². The summed E-state index contributed by atoms with van der Waals surface area (Å²) in [6.45, 7) is 2.13. The van der Waals surface area contributed by atoms with Crippen molar-refractivity contribution >= 4 is 29.2 Å². The second kappa shape index (κ2) is 7.56. The van der Waals surface area contributed by atoms with Gasteiger partial charge in [0.05, 0.1) is 5.02 Å². The molecule has 0 aliphatic carbocycles. The lowest BCUT2D eigenvalue weighted by atomic mass is 10.1. The highest BCUT2D eigenvalue weighted by Gasteiger charge is 2.09. The van der Waals surface area contributed by atoms with E-state index < -0.39 is 0 Å². The number of pyridine rings is 1. The van der Waals surface area contributed by atoms with Crippen molar-refractivity contribution in [1.29, 1.82) is 0 Å². The molecule has 0 fully saturated rings. The molecule has 1 heterocycles. The Hall–Kier alpha value is -2.40. The summed E-state index contributed by atoms with van der Waals surface area (Å²) in [5, 5.41) is 5.86. The van der Waals surface area contributed by atoms with Crippen LogP contribution >= 0.6 is 11.6 Å². The van der Waals surface area contributed by atoms with Gasteiger partial charge in [0.1, 0.15) is 5.82 Å². The molecule has 6 heteroatoms. The third kappa shape index (κ3) is 4.56. The number of carbonyl (C=O) groups excluding carboxylic acids is 2. The van der Waals surface area contributed by atoms with Crippen LogP contribution in [-0.2, 0) is 4.79 Å². The highest BCUT2D eigenvalue weighted by atomic mass is 35.5. The topological polar surface area (TPSA) is 71.1 Å². The molecule has 1 aromatic heterocycles. The molecule has 0 bridgehead atoms. The molecular formula is C16H16ClN3O2. The summed E-state index contributed by atoms with van der Waals surface area (Å²) >= 11 is 5.71. The van der Waals surface area contributed by atoms with Crippen molar-refractivity contribution in [3.63, 3.8) is 0 Å². The number of halogens is 1. The zero-order valence-electron chi connectivity index (χ0n) is 12.1. The number of nitrogens with one attached hydrogen (secondary N) is 2. The molecule has 1 aromatic carbocycles. The van der Waals surface area contributed by atoms with Crippen LogP contribution in [0.25, 0.3) is 0 Å². The average Bonchev–Trinajstić information content (AvgIpc) is 2.50. The van der Waals surface area contributed by atoms with E-state index in [1.165, 1.54) is 6.20 Å². The Morgan fingerprint density at radius 3 is 2.64 bits per heavy atom. The Morgan fingerprint density at radius 1 is 1.18 bits per heavy atom. The first kappa shape index (κ1) is 16.0. The summed E-state index contributed by atoms with van der Waals surface area (Å²) in [4.78, 5) is 27.7. The van der Waals surface area contributed by atoms with Gasteiger partial charge in [0.15, 0.2) is 0 Å². The van der Waals surface area contributed by atoms with E-state index in [2.05, 4.69) is 15.6 Å². The maximum absolute atomic E-state index is 12.0. The Bertz CT molecular complexity index is 671. The summed E-state index contributed by atoms with van der Waals surface area (Å²) in [6, 6.07) is 10.6. The van der Waals surface area contributed by atoms with Crippen LogP contribution in [-0.4, -0.2) is 23.3 Å². The SMILES string of the molecule is Cc1ccccc1C(=O)NCCC(=O)Nc1ccc(Cl)cn1. The molecule has 0 aliphatic heterocycles. The predicted molar refractivity (Wildman–Crippen MR) is 86.0 cm³/mol. The van der Waals surface area contributed by atoms with Gasteiger partial charge in [-0.25, -0.2) is 4.98 Å². The van der Waals surface area contributed by atoms with Gasteiger partial charge in [-0.3, -0.25) is 9.59 Å². The molecule has 0 unspecified atom stereocenters. The van der Waals surface area contributed by atoms with Gasteiger partial charge in [-0.2, -0.15) is 0 Å². The number of nitrogens with zero attached hydrogens (tertiary/aromatic N) is 1.